The van der Waals surface area contributed by atoms with Crippen LogP contribution in [0.4, 0.5) is 17.3 Å². The molecule has 7 nitrogen and oxygen atoms in total. The summed E-state index contributed by atoms with van der Waals surface area (Å²) in [6.45, 7) is 2.21. The Morgan fingerprint density at radius 1 is 0.875 bits per heavy atom. The summed E-state index contributed by atoms with van der Waals surface area (Å²) in [5.74, 6) is 0.680. The monoisotopic (exact) mass is 427 g/mol. The zero-order valence-corrected chi connectivity index (χ0v) is 17.8. The van der Waals surface area contributed by atoms with E-state index in [1.54, 1.807) is 42.7 Å². The molecular formula is C25H25N5O2. The number of nitrogens with zero attached hydrogens (tertiary/aromatic N) is 4. The van der Waals surface area contributed by atoms with E-state index >= 15 is 0 Å². The normalized spacial score (nSPS) is 16.0. The van der Waals surface area contributed by atoms with Gasteiger partial charge in [0.1, 0.15) is 0 Å². The van der Waals surface area contributed by atoms with Crippen LogP contribution in [0.25, 0.3) is 0 Å². The van der Waals surface area contributed by atoms with Crippen LogP contribution in [0.3, 0.4) is 0 Å². The van der Waals surface area contributed by atoms with E-state index < -0.39 is 0 Å². The largest absolute Gasteiger partial charge is 0.341 e. The van der Waals surface area contributed by atoms with Gasteiger partial charge >= 0.3 is 0 Å². The molecular weight excluding hydrogens is 402 g/mol. The summed E-state index contributed by atoms with van der Waals surface area (Å²) in [6, 6.07) is 17.0. The number of fused-ring (bicyclic) bond motifs is 1. The average molecular weight is 428 g/mol. The minimum absolute atomic E-state index is 0.0108. The zero-order chi connectivity index (χ0) is 21.9. The lowest BCUT2D eigenvalue weighted by Gasteiger charge is -2.31. The molecule has 2 amide bonds. The third-order valence-corrected chi connectivity index (χ3v) is 6.23. The maximum atomic E-state index is 13.0. The van der Waals surface area contributed by atoms with Gasteiger partial charge < -0.3 is 15.1 Å². The first-order valence-electron chi connectivity index (χ1n) is 11.0. The molecule has 32 heavy (non-hydrogen) atoms. The number of para-hydroxylation sites is 1. The van der Waals surface area contributed by atoms with Crippen molar-refractivity contribution < 1.29 is 9.59 Å². The van der Waals surface area contributed by atoms with E-state index in [1.807, 2.05) is 23.1 Å². The van der Waals surface area contributed by atoms with Crippen LogP contribution in [0.5, 0.6) is 0 Å². The van der Waals surface area contributed by atoms with Gasteiger partial charge in [-0.25, -0.2) is 9.97 Å². The summed E-state index contributed by atoms with van der Waals surface area (Å²) < 4.78 is 0. The molecule has 0 radical (unpaired) electrons. The van der Waals surface area contributed by atoms with Crippen LogP contribution in [0.1, 0.15) is 28.8 Å². The molecule has 0 unspecified atom stereocenters. The lowest BCUT2D eigenvalue weighted by Crippen LogP contribution is -2.39. The molecule has 0 bridgehead atoms. The third kappa shape index (κ3) is 4.06. The number of aromatic nitrogens is 2. The summed E-state index contributed by atoms with van der Waals surface area (Å²) in [5.41, 5.74) is 3.52. The van der Waals surface area contributed by atoms with Crippen LogP contribution >= 0.6 is 0 Å². The summed E-state index contributed by atoms with van der Waals surface area (Å²) in [6.07, 6.45) is 5.87. The van der Waals surface area contributed by atoms with E-state index in [9.17, 15) is 9.59 Å². The van der Waals surface area contributed by atoms with E-state index in [-0.39, 0.29) is 17.7 Å². The number of hydrogen-bond acceptors (Lipinski definition) is 5. The molecule has 3 heterocycles. The average Bonchev–Trinajstić information content (AvgIpc) is 3.29. The molecule has 162 valence electrons. The van der Waals surface area contributed by atoms with Crippen LogP contribution in [-0.4, -0.2) is 41.4 Å². The number of piperidine rings is 1. The van der Waals surface area contributed by atoms with Crippen molar-refractivity contribution in [2.75, 3.05) is 34.8 Å². The fourth-order valence-electron chi connectivity index (χ4n) is 4.44. The van der Waals surface area contributed by atoms with Crippen molar-refractivity contribution in [3.63, 3.8) is 0 Å². The molecule has 1 fully saturated rings. The van der Waals surface area contributed by atoms with Gasteiger partial charge in [0.05, 0.1) is 0 Å². The fourth-order valence-corrected chi connectivity index (χ4v) is 4.44. The van der Waals surface area contributed by atoms with Crippen molar-refractivity contribution in [2.24, 2.45) is 5.92 Å². The molecule has 1 saturated heterocycles. The number of carbonyl (C=O) groups is 2. The van der Waals surface area contributed by atoms with Gasteiger partial charge in [0.15, 0.2) is 0 Å². The SMILES string of the molecule is O=C(Nc1ccc(C(=O)N2CCc3ccccc32)cc1)C1CCN(c2ncccn2)CC1. The molecule has 0 aliphatic carbocycles. The first kappa shape index (κ1) is 20.2. The van der Waals surface area contributed by atoms with Gasteiger partial charge in [-0.15, -0.1) is 0 Å². The third-order valence-electron chi connectivity index (χ3n) is 6.23. The van der Waals surface area contributed by atoms with Gasteiger partial charge in [-0.05, 0) is 61.2 Å². The Bertz CT molecular complexity index is 1110. The van der Waals surface area contributed by atoms with Crippen molar-refractivity contribution in [2.45, 2.75) is 19.3 Å². The van der Waals surface area contributed by atoms with E-state index in [0.29, 0.717) is 23.7 Å². The number of benzene rings is 2. The van der Waals surface area contributed by atoms with Gasteiger partial charge in [0.25, 0.3) is 5.91 Å². The first-order valence-corrected chi connectivity index (χ1v) is 11.0. The van der Waals surface area contributed by atoms with E-state index in [0.717, 1.165) is 38.0 Å². The van der Waals surface area contributed by atoms with Crippen LogP contribution in [-0.2, 0) is 11.2 Å². The highest BCUT2D eigenvalue weighted by Gasteiger charge is 2.27. The summed E-state index contributed by atoms with van der Waals surface area (Å²) >= 11 is 0. The van der Waals surface area contributed by atoms with Crippen LogP contribution < -0.4 is 15.1 Å². The standard InChI is InChI=1S/C25H25N5O2/c31-23(19-10-15-29(16-11-19)25-26-13-3-14-27-25)28-21-8-6-20(7-9-21)24(32)30-17-12-18-4-1-2-5-22(18)30/h1-9,13-14,19H,10-12,15-17H2,(H,28,31). The van der Waals surface area contributed by atoms with E-state index in [2.05, 4.69) is 26.3 Å². The molecule has 0 saturated carbocycles. The minimum atomic E-state index is -0.0441. The van der Waals surface area contributed by atoms with Crippen molar-refractivity contribution >= 4 is 29.1 Å². The van der Waals surface area contributed by atoms with Gasteiger partial charge in [0, 0.05) is 54.9 Å². The maximum absolute atomic E-state index is 13.0. The predicted molar refractivity (Wildman–Crippen MR) is 124 cm³/mol. The molecule has 3 aromatic rings. The summed E-state index contributed by atoms with van der Waals surface area (Å²) in [5, 5.41) is 3.00. The number of carbonyl (C=O) groups excluding carboxylic acids is 2. The second kappa shape index (κ2) is 8.78. The number of nitrogens with one attached hydrogen (secondary N) is 1. The highest BCUT2D eigenvalue weighted by molar-refractivity contribution is 6.07. The molecule has 7 heteroatoms. The highest BCUT2D eigenvalue weighted by atomic mass is 16.2. The molecule has 1 aromatic heterocycles. The van der Waals surface area contributed by atoms with Crippen LogP contribution in [0.2, 0.25) is 0 Å². The van der Waals surface area contributed by atoms with Crippen molar-refractivity contribution in [1.82, 2.24) is 9.97 Å². The molecule has 0 spiro atoms. The Kier molecular flexibility index (Phi) is 5.54. The lowest BCUT2D eigenvalue weighted by molar-refractivity contribution is -0.120. The lowest BCUT2D eigenvalue weighted by atomic mass is 9.96. The Morgan fingerprint density at radius 2 is 1.59 bits per heavy atom. The Morgan fingerprint density at radius 3 is 2.34 bits per heavy atom. The van der Waals surface area contributed by atoms with Crippen molar-refractivity contribution in [3.8, 4) is 0 Å². The number of anilines is 3. The van der Waals surface area contributed by atoms with Gasteiger partial charge in [-0.1, -0.05) is 18.2 Å². The Balaban J connectivity index is 1.17. The molecule has 2 aliphatic heterocycles. The first-order chi connectivity index (χ1) is 15.7. The number of amides is 2. The van der Waals surface area contributed by atoms with Crippen molar-refractivity contribution in [3.05, 3.63) is 78.1 Å². The topological polar surface area (TPSA) is 78.4 Å². The second-order valence-electron chi connectivity index (χ2n) is 8.21. The van der Waals surface area contributed by atoms with Gasteiger partial charge in [-0.2, -0.15) is 0 Å². The molecule has 2 aliphatic rings. The number of rotatable bonds is 4. The summed E-state index contributed by atoms with van der Waals surface area (Å²) in [4.78, 5) is 38.2. The smallest absolute Gasteiger partial charge is 0.258 e. The van der Waals surface area contributed by atoms with Crippen molar-refractivity contribution in [1.29, 1.82) is 0 Å². The van der Waals surface area contributed by atoms with E-state index in [4.69, 9.17) is 0 Å². The minimum Gasteiger partial charge on any atom is -0.341 e. The molecule has 0 atom stereocenters. The summed E-state index contributed by atoms with van der Waals surface area (Å²) in [7, 11) is 0. The predicted octanol–water partition coefficient (Wildman–Crippen LogP) is 3.53. The Labute approximate surface area is 187 Å². The molecule has 5 rings (SSSR count). The zero-order valence-electron chi connectivity index (χ0n) is 17.8. The quantitative estimate of drug-likeness (QED) is 0.689. The van der Waals surface area contributed by atoms with Gasteiger partial charge in [0.2, 0.25) is 11.9 Å². The number of hydrogen-bond donors (Lipinski definition) is 1. The fraction of sp³-hybridized carbons (Fsp3) is 0.280. The maximum Gasteiger partial charge on any atom is 0.258 e. The Hall–Kier alpha value is -3.74. The van der Waals surface area contributed by atoms with Crippen LogP contribution in [0, 0.1) is 5.92 Å². The highest BCUT2D eigenvalue weighted by Crippen LogP contribution is 2.29. The van der Waals surface area contributed by atoms with Crippen LogP contribution in [0.15, 0.2) is 67.0 Å². The second-order valence-corrected chi connectivity index (χ2v) is 8.21. The van der Waals surface area contributed by atoms with Gasteiger partial charge in [-0.3, -0.25) is 9.59 Å². The van der Waals surface area contributed by atoms with E-state index in [1.165, 1.54) is 5.56 Å². The molecule has 1 N–H and O–H groups in total. The molecule has 2 aromatic carbocycles.